The van der Waals surface area contributed by atoms with E-state index in [2.05, 4.69) is 63.1 Å². The Labute approximate surface area is 133 Å². The van der Waals surface area contributed by atoms with E-state index < -0.39 is 0 Å². The molecule has 1 aliphatic heterocycles. The van der Waals surface area contributed by atoms with Crippen molar-refractivity contribution < 1.29 is 5.11 Å². The van der Waals surface area contributed by atoms with Crippen molar-refractivity contribution in [3.05, 3.63) is 70.5 Å². The van der Waals surface area contributed by atoms with Gasteiger partial charge in [-0.25, -0.2) is 0 Å². The number of benzene rings is 2. The summed E-state index contributed by atoms with van der Waals surface area (Å²) in [5.41, 5.74) is 4.36. The Morgan fingerprint density at radius 1 is 1.05 bits per heavy atom. The smallest absolute Gasteiger partial charge is 0.0989 e. The fourth-order valence-corrected chi connectivity index (χ4v) is 2.93. The van der Waals surface area contributed by atoms with Crippen LogP contribution in [0.4, 0.5) is 11.4 Å². The molecule has 0 aromatic heterocycles. The molecule has 1 aliphatic rings. The molecule has 108 valence electrons. The summed E-state index contributed by atoms with van der Waals surface area (Å²) >= 11 is 3.50. The molecular weight excluding hydrogens is 328 g/mol. The molecule has 1 N–H and O–H groups in total. The maximum absolute atomic E-state index is 9.58. The Hall–Kier alpha value is -1.78. The van der Waals surface area contributed by atoms with Gasteiger partial charge in [0.15, 0.2) is 0 Å². The molecule has 0 radical (unpaired) electrons. The topological polar surface area (TPSA) is 26.7 Å². The molecule has 0 spiro atoms. The van der Waals surface area contributed by atoms with E-state index in [1.165, 1.54) is 11.3 Å². The number of hydrogen-bond acceptors (Lipinski definition) is 3. The summed E-state index contributed by atoms with van der Waals surface area (Å²) in [4.78, 5) is 4.32. The summed E-state index contributed by atoms with van der Waals surface area (Å²) in [7, 11) is 0. The van der Waals surface area contributed by atoms with E-state index in [0.717, 1.165) is 22.4 Å². The minimum atomic E-state index is 0.0195. The van der Waals surface area contributed by atoms with Crippen LogP contribution < -0.4 is 9.80 Å². The average molecular weight is 345 g/mol. The maximum atomic E-state index is 9.58. The molecule has 0 bridgehead atoms. The van der Waals surface area contributed by atoms with Crippen molar-refractivity contribution in [3.63, 3.8) is 0 Å². The van der Waals surface area contributed by atoms with E-state index in [9.17, 15) is 5.11 Å². The van der Waals surface area contributed by atoms with Crippen molar-refractivity contribution >= 4 is 27.3 Å². The maximum Gasteiger partial charge on any atom is 0.0989 e. The zero-order valence-electron chi connectivity index (χ0n) is 11.8. The van der Waals surface area contributed by atoms with Gasteiger partial charge in [0.25, 0.3) is 0 Å². The van der Waals surface area contributed by atoms with Crippen molar-refractivity contribution in [2.75, 3.05) is 16.5 Å². The highest BCUT2D eigenvalue weighted by molar-refractivity contribution is 9.10. The van der Waals surface area contributed by atoms with E-state index in [0.29, 0.717) is 0 Å². The average Bonchev–Trinajstić information content (AvgIpc) is 2.97. The normalized spacial score (nSPS) is 14.0. The molecule has 4 heteroatoms. The molecule has 21 heavy (non-hydrogen) atoms. The fraction of sp³-hybridized carbons (Fsp3) is 0.176. The summed E-state index contributed by atoms with van der Waals surface area (Å²) in [5.74, 6) is 0. The predicted octanol–water partition coefficient (Wildman–Crippen LogP) is 4.01. The SMILES string of the molecule is Cc1ccc(N2C=CN(c3cccc(Br)c3CO)C2)cc1. The molecule has 2 aromatic carbocycles. The molecule has 3 nitrogen and oxygen atoms in total. The Morgan fingerprint density at radius 2 is 1.76 bits per heavy atom. The second kappa shape index (κ2) is 5.92. The fourth-order valence-electron chi connectivity index (χ4n) is 2.45. The van der Waals surface area contributed by atoms with Crippen LogP contribution in [-0.4, -0.2) is 11.8 Å². The highest BCUT2D eigenvalue weighted by atomic mass is 79.9. The first-order valence-electron chi connectivity index (χ1n) is 6.85. The van der Waals surface area contributed by atoms with Crippen LogP contribution in [0.1, 0.15) is 11.1 Å². The van der Waals surface area contributed by atoms with E-state index >= 15 is 0 Å². The summed E-state index contributed by atoms with van der Waals surface area (Å²) < 4.78 is 0.935. The number of anilines is 2. The molecular formula is C17H17BrN2O. The number of aliphatic hydroxyl groups excluding tert-OH is 1. The van der Waals surface area contributed by atoms with Gasteiger partial charge in [-0.2, -0.15) is 0 Å². The van der Waals surface area contributed by atoms with Crippen LogP contribution in [-0.2, 0) is 6.61 Å². The number of aryl methyl sites for hydroxylation is 1. The third-order valence-electron chi connectivity index (χ3n) is 3.66. The molecule has 0 unspecified atom stereocenters. The first kappa shape index (κ1) is 14.2. The summed E-state index contributed by atoms with van der Waals surface area (Å²) in [5, 5.41) is 9.58. The molecule has 0 atom stereocenters. The van der Waals surface area contributed by atoms with Crippen LogP contribution in [0, 0.1) is 6.92 Å². The highest BCUT2D eigenvalue weighted by Gasteiger charge is 2.18. The molecule has 2 aromatic rings. The Balaban J connectivity index is 1.84. The molecule has 1 heterocycles. The minimum Gasteiger partial charge on any atom is -0.392 e. The van der Waals surface area contributed by atoms with Crippen LogP contribution in [0.2, 0.25) is 0 Å². The highest BCUT2D eigenvalue weighted by Crippen LogP contribution is 2.31. The van der Waals surface area contributed by atoms with E-state index in [1.54, 1.807) is 0 Å². The van der Waals surface area contributed by atoms with Crippen LogP contribution >= 0.6 is 15.9 Å². The van der Waals surface area contributed by atoms with Crippen LogP contribution in [0.3, 0.4) is 0 Å². The van der Waals surface area contributed by atoms with Gasteiger partial charge in [-0.05, 0) is 31.2 Å². The zero-order valence-corrected chi connectivity index (χ0v) is 13.4. The Kier molecular flexibility index (Phi) is 3.99. The largest absolute Gasteiger partial charge is 0.392 e. The summed E-state index contributed by atoms with van der Waals surface area (Å²) in [6.07, 6.45) is 4.10. The first-order chi connectivity index (χ1) is 10.2. The number of halogens is 1. The van der Waals surface area contributed by atoms with Crippen LogP contribution in [0.25, 0.3) is 0 Å². The predicted molar refractivity (Wildman–Crippen MR) is 90.2 cm³/mol. The van der Waals surface area contributed by atoms with Crippen molar-refractivity contribution in [2.45, 2.75) is 13.5 Å². The van der Waals surface area contributed by atoms with Crippen molar-refractivity contribution in [1.29, 1.82) is 0 Å². The Bertz CT molecular complexity index is 667. The molecule has 0 saturated heterocycles. The van der Waals surface area contributed by atoms with Crippen molar-refractivity contribution in [2.24, 2.45) is 0 Å². The molecule has 0 saturated carbocycles. The van der Waals surface area contributed by atoms with Crippen LogP contribution in [0.15, 0.2) is 59.3 Å². The minimum absolute atomic E-state index is 0.0195. The quantitative estimate of drug-likeness (QED) is 0.911. The number of aliphatic hydroxyl groups is 1. The summed E-state index contributed by atoms with van der Waals surface area (Å²) in [6, 6.07) is 14.4. The van der Waals surface area contributed by atoms with E-state index in [1.807, 2.05) is 24.4 Å². The monoisotopic (exact) mass is 344 g/mol. The summed E-state index contributed by atoms with van der Waals surface area (Å²) in [6.45, 7) is 2.85. The van der Waals surface area contributed by atoms with Gasteiger partial charge in [0.05, 0.1) is 13.3 Å². The lowest BCUT2D eigenvalue weighted by atomic mass is 10.2. The molecule has 3 rings (SSSR count). The van der Waals surface area contributed by atoms with Gasteiger partial charge in [-0.15, -0.1) is 0 Å². The zero-order chi connectivity index (χ0) is 14.8. The van der Waals surface area contributed by atoms with Gasteiger partial charge >= 0.3 is 0 Å². The van der Waals surface area contributed by atoms with Gasteiger partial charge in [-0.3, -0.25) is 0 Å². The first-order valence-corrected chi connectivity index (χ1v) is 7.65. The van der Waals surface area contributed by atoms with Gasteiger partial charge < -0.3 is 14.9 Å². The number of nitrogens with zero attached hydrogens (tertiary/aromatic N) is 2. The Morgan fingerprint density at radius 3 is 2.48 bits per heavy atom. The lowest BCUT2D eigenvalue weighted by molar-refractivity contribution is 0.281. The lowest BCUT2D eigenvalue weighted by Gasteiger charge is -2.23. The standard InChI is InChI=1S/C17H17BrN2O/c1-13-5-7-14(8-6-13)19-9-10-20(12-19)17-4-2-3-16(18)15(17)11-21/h2-10,21H,11-12H2,1H3. The van der Waals surface area contributed by atoms with Gasteiger partial charge in [0.2, 0.25) is 0 Å². The molecule has 0 fully saturated rings. The number of rotatable bonds is 3. The number of hydrogen-bond donors (Lipinski definition) is 1. The van der Waals surface area contributed by atoms with E-state index in [-0.39, 0.29) is 6.61 Å². The van der Waals surface area contributed by atoms with Crippen LogP contribution in [0.5, 0.6) is 0 Å². The van der Waals surface area contributed by atoms with Gasteiger partial charge in [0, 0.05) is 33.8 Å². The lowest BCUT2D eigenvalue weighted by Crippen LogP contribution is -2.25. The van der Waals surface area contributed by atoms with Gasteiger partial charge in [-0.1, -0.05) is 39.7 Å². The molecule has 0 amide bonds. The second-order valence-corrected chi connectivity index (χ2v) is 5.96. The van der Waals surface area contributed by atoms with Crippen molar-refractivity contribution in [3.8, 4) is 0 Å². The second-order valence-electron chi connectivity index (χ2n) is 5.11. The third kappa shape index (κ3) is 2.82. The van der Waals surface area contributed by atoms with Gasteiger partial charge in [0.1, 0.15) is 0 Å². The van der Waals surface area contributed by atoms with Crippen molar-refractivity contribution in [1.82, 2.24) is 0 Å². The third-order valence-corrected chi connectivity index (χ3v) is 4.40. The molecule has 0 aliphatic carbocycles. The van der Waals surface area contributed by atoms with E-state index in [4.69, 9.17) is 0 Å².